The van der Waals surface area contributed by atoms with Crippen molar-refractivity contribution in [3.63, 3.8) is 0 Å². The van der Waals surface area contributed by atoms with Crippen LogP contribution in [0.4, 0.5) is 4.39 Å². The van der Waals surface area contributed by atoms with E-state index in [1.807, 2.05) is 6.92 Å². The summed E-state index contributed by atoms with van der Waals surface area (Å²) in [4.78, 5) is 0. The summed E-state index contributed by atoms with van der Waals surface area (Å²) >= 11 is 11.9. The van der Waals surface area contributed by atoms with Gasteiger partial charge in [-0.2, -0.15) is 5.10 Å². The van der Waals surface area contributed by atoms with Gasteiger partial charge >= 0.3 is 0 Å². The highest BCUT2D eigenvalue weighted by Crippen LogP contribution is 2.27. The van der Waals surface area contributed by atoms with E-state index in [1.165, 1.54) is 12.1 Å². The third-order valence-corrected chi connectivity index (χ3v) is 4.00. The number of hydrogen-bond donors (Lipinski definition) is 2. The van der Waals surface area contributed by atoms with Gasteiger partial charge in [0.25, 0.3) is 0 Å². The topological polar surface area (TPSA) is 55.9 Å². The first-order valence-electron chi connectivity index (χ1n) is 6.03. The van der Waals surface area contributed by atoms with E-state index in [9.17, 15) is 4.39 Å². The fourth-order valence-corrected chi connectivity index (χ4v) is 2.48. The van der Waals surface area contributed by atoms with Crippen molar-refractivity contribution in [3.05, 3.63) is 51.0 Å². The average molecular weight is 317 g/mol. The first-order valence-corrected chi connectivity index (χ1v) is 6.78. The summed E-state index contributed by atoms with van der Waals surface area (Å²) in [6.07, 6.45) is 0.510. The van der Waals surface area contributed by atoms with E-state index in [4.69, 9.17) is 29.0 Å². The number of aromatic nitrogens is 2. The third-order valence-electron chi connectivity index (χ3n) is 3.23. The number of halogens is 3. The van der Waals surface area contributed by atoms with Crippen molar-refractivity contribution >= 4 is 23.2 Å². The van der Waals surface area contributed by atoms with Crippen molar-refractivity contribution in [2.75, 3.05) is 0 Å². The highest BCUT2D eigenvalue weighted by molar-refractivity contribution is 6.30. The van der Waals surface area contributed by atoms with Crippen molar-refractivity contribution < 1.29 is 4.39 Å². The van der Waals surface area contributed by atoms with Crippen molar-refractivity contribution in [2.45, 2.75) is 19.4 Å². The molecular weight excluding hydrogens is 302 g/mol. The number of rotatable bonds is 4. The number of benzene rings is 1. The summed E-state index contributed by atoms with van der Waals surface area (Å²) < 4.78 is 15.1. The Morgan fingerprint density at radius 1 is 1.45 bits per heavy atom. The van der Waals surface area contributed by atoms with Crippen LogP contribution in [-0.2, 0) is 13.5 Å². The Bertz CT molecular complexity index is 627. The van der Waals surface area contributed by atoms with Crippen LogP contribution in [-0.4, -0.2) is 9.78 Å². The van der Waals surface area contributed by atoms with Crippen molar-refractivity contribution in [1.82, 2.24) is 15.2 Å². The maximum Gasteiger partial charge on any atom is 0.142 e. The van der Waals surface area contributed by atoms with Gasteiger partial charge < -0.3 is 0 Å². The standard InChI is InChI=1S/C13H15Cl2FN4/c1-7-9(13(15)20(2)19-7)6-12(18-17)8-3-4-10(14)11(16)5-8/h3-5,12,18H,6,17H2,1-2H3. The van der Waals surface area contributed by atoms with E-state index in [-0.39, 0.29) is 11.1 Å². The number of nitrogens with zero attached hydrogens (tertiary/aromatic N) is 2. The van der Waals surface area contributed by atoms with Crippen LogP contribution in [0.5, 0.6) is 0 Å². The Morgan fingerprint density at radius 3 is 2.65 bits per heavy atom. The molecule has 20 heavy (non-hydrogen) atoms. The molecule has 0 aliphatic heterocycles. The van der Waals surface area contributed by atoms with E-state index < -0.39 is 5.82 Å². The Hall–Kier alpha value is -1.14. The van der Waals surface area contributed by atoms with E-state index in [0.29, 0.717) is 17.1 Å². The van der Waals surface area contributed by atoms with Gasteiger partial charge in [-0.15, -0.1) is 0 Å². The summed E-state index contributed by atoms with van der Waals surface area (Å²) in [5.41, 5.74) is 5.08. The van der Waals surface area contributed by atoms with Crippen LogP contribution in [0.2, 0.25) is 10.2 Å². The van der Waals surface area contributed by atoms with Crippen LogP contribution in [0.1, 0.15) is 22.9 Å². The average Bonchev–Trinajstić information content (AvgIpc) is 2.65. The Morgan fingerprint density at radius 2 is 2.15 bits per heavy atom. The molecule has 2 rings (SSSR count). The van der Waals surface area contributed by atoms with Gasteiger partial charge in [-0.3, -0.25) is 16.0 Å². The van der Waals surface area contributed by atoms with Crippen LogP contribution >= 0.6 is 23.2 Å². The van der Waals surface area contributed by atoms with Crippen LogP contribution in [0.3, 0.4) is 0 Å². The number of nitrogens with one attached hydrogen (secondary N) is 1. The second-order valence-corrected chi connectivity index (χ2v) is 5.34. The predicted molar refractivity (Wildman–Crippen MR) is 78.1 cm³/mol. The molecule has 0 amide bonds. The van der Waals surface area contributed by atoms with Gasteiger partial charge in [-0.1, -0.05) is 29.3 Å². The Kier molecular flexibility index (Phi) is 4.65. The van der Waals surface area contributed by atoms with Crippen molar-refractivity contribution in [2.24, 2.45) is 12.9 Å². The molecule has 1 aromatic heterocycles. The second-order valence-electron chi connectivity index (χ2n) is 4.58. The normalized spacial score (nSPS) is 12.7. The van der Waals surface area contributed by atoms with Gasteiger partial charge in [0.15, 0.2) is 0 Å². The van der Waals surface area contributed by atoms with Crippen molar-refractivity contribution in [3.8, 4) is 0 Å². The van der Waals surface area contributed by atoms with E-state index in [2.05, 4.69) is 10.5 Å². The van der Waals surface area contributed by atoms with E-state index >= 15 is 0 Å². The van der Waals surface area contributed by atoms with Crippen molar-refractivity contribution in [1.29, 1.82) is 0 Å². The zero-order chi connectivity index (χ0) is 14.9. The summed E-state index contributed by atoms with van der Waals surface area (Å²) in [7, 11) is 1.77. The lowest BCUT2D eigenvalue weighted by Crippen LogP contribution is -2.29. The van der Waals surface area contributed by atoms with Crippen LogP contribution in [0.15, 0.2) is 18.2 Å². The van der Waals surface area contributed by atoms with Gasteiger partial charge in [0.1, 0.15) is 11.0 Å². The molecule has 0 fully saturated rings. The predicted octanol–water partition coefficient (Wildman–Crippen LogP) is 2.92. The zero-order valence-electron chi connectivity index (χ0n) is 11.1. The summed E-state index contributed by atoms with van der Waals surface area (Å²) in [6, 6.07) is 4.33. The minimum Gasteiger partial charge on any atom is -0.271 e. The highest BCUT2D eigenvalue weighted by Gasteiger charge is 2.18. The Balaban J connectivity index is 2.31. The zero-order valence-corrected chi connectivity index (χ0v) is 12.6. The SMILES string of the molecule is Cc1nn(C)c(Cl)c1CC(NN)c1ccc(Cl)c(F)c1. The number of nitrogens with two attached hydrogens (primary N) is 1. The monoisotopic (exact) mass is 316 g/mol. The lowest BCUT2D eigenvalue weighted by molar-refractivity contribution is 0.543. The lowest BCUT2D eigenvalue weighted by atomic mass is 10.00. The quantitative estimate of drug-likeness (QED) is 0.673. The molecule has 4 nitrogen and oxygen atoms in total. The first kappa shape index (κ1) is 15.3. The molecule has 2 aromatic rings. The van der Waals surface area contributed by atoms with Gasteiger partial charge in [0, 0.05) is 12.6 Å². The minimum absolute atomic E-state index is 0.0834. The number of aryl methyl sites for hydroxylation is 2. The molecule has 0 spiro atoms. The molecule has 1 aromatic carbocycles. The smallest absolute Gasteiger partial charge is 0.142 e. The van der Waals surface area contributed by atoms with E-state index in [0.717, 1.165) is 11.3 Å². The number of hydrogen-bond acceptors (Lipinski definition) is 3. The van der Waals surface area contributed by atoms with Crippen LogP contribution in [0.25, 0.3) is 0 Å². The summed E-state index contributed by atoms with van der Waals surface area (Å²) in [6.45, 7) is 1.87. The second kappa shape index (κ2) is 6.10. The molecule has 3 N–H and O–H groups in total. The molecule has 0 radical (unpaired) electrons. The molecule has 0 bridgehead atoms. The molecule has 7 heteroatoms. The molecule has 1 heterocycles. The fraction of sp³-hybridized carbons (Fsp3) is 0.308. The summed E-state index contributed by atoms with van der Waals surface area (Å²) in [5.74, 6) is 5.10. The number of hydrazine groups is 1. The summed E-state index contributed by atoms with van der Waals surface area (Å²) in [5, 5.41) is 4.88. The van der Waals surface area contributed by atoms with Gasteiger partial charge in [0.2, 0.25) is 0 Å². The molecule has 1 atom stereocenters. The van der Waals surface area contributed by atoms with E-state index in [1.54, 1.807) is 17.8 Å². The first-order chi connectivity index (χ1) is 9.43. The maximum atomic E-state index is 13.5. The van der Waals surface area contributed by atoms with Gasteiger partial charge in [0.05, 0.1) is 16.8 Å². The molecule has 0 saturated heterocycles. The van der Waals surface area contributed by atoms with Crippen LogP contribution in [0, 0.1) is 12.7 Å². The van der Waals surface area contributed by atoms with Crippen LogP contribution < -0.4 is 11.3 Å². The van der Waals surface area contributed by atoms with Gasteiger partial charge in [-0.25, -0.2) is 4.39 Å². The largest absolute Gasteiger partial charge is 0.271 e. The molecule has 0 aliphatic rings. The van der Waals surface area contributed by atoms with Gasteiger partial charge in [-0.05, 0) is 31.0 Å². The fourth-order valence-electron chi connectivity index (χ4n) is 2.11. The molecular formula is C13H15Cl2FN4. The third kappa shape index (κ3) is 2.96. The molecule has 1 unspecified atom stereocenters. The Labute approximate surface area is 126 Å². The maximum absolute atomic E-state index is 13.5. The lowest BCUT2D eigenvalue weighted by Gasteiger charge is -2.16. The highest BCUT2D eigenvalue weighted by atomic mass is 35.5. The molecule has 0 aliphatic carbocycles. The minimum atomic E-state index is -0.474. The molecule has 108 valence electrons. The molecule has 0 saturated carbocycles.